The number of quaternary nitrogens is 5. The standard InChI is InChI=1S/5C8H20N.C2H2O4.BO3/c5*1-5-9(6-2,7-3)8-4;3-1(4)2(5)6;2-1(3)4/h5*5-8H2,1-4H3;(H,3,4)(H,5,6);/q5*+1;;-3/p-2. The van der Waals surface area contributed by atoms with Crippen molar-refractivity contribution in [2.45, 2.75) is 138 Å². The summed E-state index contributed by atoms with van der Waals surface area (Å²) in [6.45, 7) is 71.1. The van der Waals surface area contributed by atoms with E-state index in [1.807, 2.05) is 0 Å². The minimum atomic E-state index is -2.92. The number of carboxylic acid groups (broad SMARTS) is 2. The van der Waals surface area contributed by atoms with E-state index in [9.17, 15) is 0 Å². The molecular weight excluding hydrogens is 697 g/mol. The van der Waals surface area contributed by atoms with E-state index in [0.717, 1.165) is 0 Å². The number of hydrogen-bond acceptors (Lipinski definition) is 7. The summed E-state index contributed by atoms with van der Waals surface area (Å²) in [5.41, 5.74) is 0. The van der Waals surface area contributed by atoms with Gasteiger partial charge in [0.1, 0.15) is 0 Å². The van der Waals surface area contributed by atoms with Gasteiger partial charge in [0, 0.05) is 0 Å². The summed E-state index contributed by atoms with van der Waals surface area (Å²) in [4.78, 5) is 17.9. The maximum absolute atomic E-state index is 8.93. The molecular formula is C42H100BN5O7. The first-order valence-corrected chi connectivity index (χ1v) is 22.2. The summed E-state index contributed by atoms with van der Waals surface area (Å²) in [5, 5.41) is 43.1. The van der Waals surface area contributed by atoms with Crippen LogP contribution in [0.25, 0.3) is 0 Å². The fourth-order valence-corrected chi connectivity index (χ4v) is 6.71. The SMILES string of the molecule is CC[N+](CC)(CC)CC.CC[N+](CC)(CC)CC.CC[N+](CC)(CC)CC.CC[N+](CC)(CC)CC.CC[N+](CC)(CC)CC.O=C([O-])C(=O)[O-].[O-]B([O-])[O-]. The Balaban J connectivity index is -0.0000000989. The van der Waals surface area contributed by atoms with Gasteiger partial charge in [-0.3, -0.25) is 7.32 Å². The van der Waals surface area contributed by atoms with E-state index < -0.39 is 19.3 Å². The van der Waals surface area contributed by atoms with Crippen molar-refractivity contribution >= 4 is 19.3 Å². The Hall–Kier alpha value is -1.32. The second-order valence-corrected chi connectivity index (χ2v) is 13.9. The van der Waals surface area contributed by atoms with Gasteiger partial charge >= 0.3 is 0 Å². The van der Waals surface area contributed by atoms with Crippen molar-refractivity contribution < 1.29 is 57.3 Å². The quantitative estimate of drug-likeness (QED) is 0.104. The summed E-state index contributed by atoms with van der Waals surface area (Å²) < 4.78 is 6.39. The van der Waals surface area contributed by atoms with Crippen molar-refractivity contribution in [3.05, 3.63) is 0 Å². The first-order valence-electron chi connectivity index (χ1n) is 22.2. The minimum absolute atomic E-state index is 1.28. The average molecular weight is 798 g/mol. The largest absolute Gasteiger partial charge is 0.907 e. The van der Waals surface area contributed by atoms with Gasteiger partial charge in [0.05, 0.1) is 143 Å². The number of rotatable bonds is 20. The Morgan fingerprint density at radius 1 is 0.273 bits per heavy atom. The summed E-state index contributed by atoms with van der Waals surface area (Å²) >= 11 is 0. The third-order valence-electron chi connectivity index (χ3n) is 13.6. The monoisotopic (exact) mass is 798 g/mol. The van der Waals surface area contributed by atoms with Crippen LogP contribution in [0.4, 0.5) is 0 Å². The van der Waals surface area contributed by atoms with E-state index in [1.165, 1.54) is 153 Å². The number of nitrogens with zero attached hydrogens (tertiary/aromatic N) is 5. The van der Waals surface area contributed by atoms with Crippen LogP contribution in [0.2, 0.25) is 0 Å². The normalized spacial score (nSPS) is 11.1. The molecule has 0 saturated carbocycles. The molecule has 0 atom stereocenters. The molecule has 0 amide bonds. The van der Waals surface area contributed by atoms with E-state index in [-0.39, 0.29) is 0 Å². The van der Waals surface area contributed by atoms with Crippen LogP contribution in [0.5, 0.6) is 0 Å². The topological polar surface area (TPSA) is 149 Å². The molecule has 338 valence electrons. The van der Waals surface area contributed by atoms with E-state index >= 15 is 0 Å². The molecule has 0 aliphatic carbocycles. The zero-order valence-electron chi connectivity index (χ0n) is 40.8. The molecule has 0 unspecified atom stereocenters. The van der Waals surface area contributed by atoms with Crippen molar-refractivity contribution in [3.63, 3.8) is 0 Å². The Kier molecular flexibility index (Phi) is 52.6. The van der Waals surface area contributed by atoms with Crippen LogP contribution in [0.1, 0.15) is 138 Å². The molecule has 0 saturated heterocycles. The summed E-state index contributed by atoms with van der Waals surface area (Å²) in [5.74, 6) is -4.37. The van der Waals surface area contributed by atoms with Crippen LogP contribution in [0.3, 0.4) is 0 Å². The van der Waals surface area contributed by atoms with Crippen LogP contribution in [-0.4, -0.2) is 173 Å². The highest BCUT2D eigenvalue weighted by molar-refractivity contribution is 6.25. The highest BCUT2D eigenvalue weighted by Crippen LogP contribution is 2.06. The highest BCUT2D eigenvalue weighted by atomic mass is 16.5. The molecule has 0 spiro atoms. The molecule has 0 bridgehead atoms. The van der Waals surface area contributed by atoms with E-state index in [2.05, 4.69) is 138 Å². The minimum Gasteiger partial charge on any atom is -0.907 e. The zero-order chi connectivity index (χ0) is 45.4. The Labute approximate surface area is 345 Å². The first kappa shape index (κ1) is 68.4. The van der Waals surface area contributed by atoms with Gasteiger partial charge in [-0.25, -0.2) is 0 Å². The summed E-state index contributed by atoms with van der Waals surface area (Å²) in [6.07, 6.45) is 0. The lowest BCUT2D eigenvalue weighted by Gasteiger charge is -2.35. The molecule has 13 heteroatoms. The van der Waals surface area contributed by atoms with Crippen LogP contribution in [0, 0.1) is 0 Å². The summed E-state index contributed by atoms with van der Waals surface area (Å²) in [6, 6.07) is 0. The number of carbonyl (C=O) groups is 2. The lowest BCUT2D eigenvalue weighted by molar-refractivity contribution is -0.921. The number of carbonyl (C=O) groups excluding carboxylic acids is 2. The molecule has 0 aliphatic heterocycles. The van der Waals surface area contributed by atoms with E-state index in [1.54, 1.807) is 0 Å². The van der Waals surface area contributed by atoms with Crippen molar-refractivity contribution in [2.75, 3.05) is 131 Å². The fourth-order valence-electron chi connectivity index (χ4n) is 6.71. The lowest BCUT2D eigenvalue weighted by Crippen LogP contribution is -2.56. The second-order valence-electron chi connectivity index (χ2n) is 13.9. The van der Waals surface area contributed by atoms with Gasteiger partial charge in [0.2, 0.25) is 0 Å². The average Bonchev–Trinajstić information content (AvgIpc) is 3.21. The molecule has 12 nitrogen and oxygen atoms in total. The molecule has 0 rings (SSSR count). The van der Waals surface area contributed by atoms with Crippen LogP contribution in [-0.2, 0) is 9.59 Å². The fraction of sp³-hybridized carbons (Fsp3) is 0.952. The molecule has 0 aliphatic rings. The van der Waals surface area contributed by atoms with Crippen LogP contribution < -0.4 is 25.3 Å². The molecule has 0 heterocycles. The second kappa shape index (κ2) is 42.3. The van der Waals surface area contributed by atoms with Crippen molar-refractivity contribution in [2.24, 2.45) is 0 Å². The van der Waals surface area contributed by atoms with Gasteiger partial charge in [-0.2, -0.15) is 0 Å². The highest BCUT2D eigenvalue weighted by Gasteiger charge is 2.19. The first-order chi connectivity index (χ1) is 25.6. The van der Waals surface area contributed by atoms with E-state index in [0.29, 0.717) is 0 Å². The molecule has 0 aromatic heterocycles. The number of aliphatic carboxylic acids is 2. The van der Waals surface area contributed by atoms with Crippen molar-refractivity contribution in [3.8, 4) is 0 Å². The predicted molar refractivity (Wildman–Crippen MR) is 228 cm³/mol. The van der Waals surface area contributed by atoms with Gasteiger partial charge in [0.25, 0.3) is 0 Å². The number of carboxylic acids is 2. The predicted octanol–water partition coefficient (Wildman–Crippen LogP) is 1.95. The third-order valence-corrected chi connectivity index (χ3v) is 13.6. The maximum Gasteiger partial charge on any atom is 0.0870 e. The van der Waals surface area contributed by atoms with Crippen molar-refractivity contribution in [1.82, 2.24) is 0 Å². The summed E-state index contributed by atoms with van der Waals surface area (Å²) in [7, 11) is -2.92. The van der Waals surface area contributed by atoms with Crippen molar-refractivity contribution in [1.29, 1.82) is 0 Å². The number of hydrogen-bond donors (Lipinski definition) is 0. The van der Waals surface area contributed by atoms with Gasteiger partial charge in [-0.05, 0) is 138 Å². The Morgan fingerprint density at radius 2 is 0.327 bits per heavy atom. The molecule has 0 N–H and O–H groups in total. The molecule has 0 aromatic rings. The molecule has 0 fully saturated rings. The lowest BCUT2D eigenvalue weighted by atomic mass is 10.3. The van der Waals surface area contributed by atoms with Gasteiger partial charge < -0.3 is 57.3 Å². The molecule has 55 heavy (non-hydrogen) atoms. The zero-order valence-corrected chi connectivity index (χ0v) is 40.8. The maximum atomic E-state index is 8.93. The van der Waals surface area contributed by atoms with Gasteiger partial charge in [-0.1, -0.05) is 0 Å². The van der Waals surface area contributed by atoms with Crippen LogP contribution >= 0.6 is 0 Å². The Morgan fingerprint density at radius 3 is 0.327 bits per heavy atom. The van der Waals surface area contributed by atoms with Gasteiger partial charge in [-0.15, -0.1) is 0 Å². The van der Waals surface area contributed by atoms with Crippen LogP contribution in [0.15, 0.2) is 0 Å². The Bertz CT molecular complexity index is 585. The molecule has 0 aromatic carbocycles. The van der Waals surface area contributed by atoms with E-state index in [4.69, 9.17) is 34.9 Å². The smallest absolute Gasteiger partial charge is 0.0870 e. The molecule has 0 radical (unpaired) electrons. The van der Waals surface area contributed by atoms with Gasteiger partial charge in [0.15, 0.2) is 0 Å². The third kappa shape index (κ3) is 34.4.